The molecular weight excluding hydrogens is 618 g/mol. The molecule has 0 radical (unpaired) electrons. The van der Waals surface area contributed by atoms with Gasteiger partial charge in [0.05, 0.1) is 18.7 Å². The lowest BCUT2D eigenvalue weighted by Gasteiger charge is -2.24. The highest BCUT2D eigenvalue weighted by molar-refractivity contribution is 8.00. The average molecular weight is 644 g/mol. The summed E-state index contributed by atoms with van der Waals surface area (Å²) in [6, 6.07) is 23.1. The molecule has 3 aromatic carbocycles. The molecule has 0 fully saturated rings. The SMILES string of the molecule is COc1cc(C2C(C(=O)c3ccc(C)o3)=C(O)C(=O)N2c2nnc(SCc3ccccc3F)s2)ccc1OCc1ccccc1. The van der Waals surface area contributed by atoms with E-state index in [4.69, 9.17) is 13.9 Å². The van der Waals surface area contributed by atoms with E-state index in [9.17, 15) is 19.1 Å². The minimum Gasteiger partial charge on any atom is -0.503 e. The number of hydrogen-bond acceptors (Lipinski definition) is 10. The van der Waals surface area contributed by atoms with Crippen molar-refractivity contribution >= 4 is 39.9 Å². The fourth-order valence-electron chi connectivity index (χ4n) is 4.86. The fraction of sp³-hybridized carbons (Fsp3) is 0.152. The highest BCUT2D eigenvalue weighted by Gasteiger charge is 2.47. The molecule has 0 bridgehead atoms. The maximum Gasteiger partial charge on any atom is 0.296 e. The van der Waals surface area contributed by atoms with Gasteiger partial charge in [-0.1, -0.05) is 77.7 Å². The number of ketones is 1. The molecule has 1 aliphatic rings. The lowest BCUT2D eigenvalue weighted by atomic mass is 9.95. The molecule has 0 aliphatic carbocycles. The van der Waals surface area contributed by atoms with Crippen LogP contribution in [0.3, 0.4) is 0 Å². The smallest absolute Gasteiger partial charge is 0.296 e. The van der Waals surface area contributed by atoms with Gasteiger partial charge in [-0.25, -0.2) is 4.39 Å². The van der Waals surface area contributed by atoms with Gasteiger partial charge in [0.25, 0.3) is 5.91 Å². The monoisotopic (exact) mass is 643 g/mol. The van der Waals surface area contributed by atoms with Crippen LogP contribution in [0.1, 0.15) is 39.0 Å². The summed E-state index contributed by atoms with van der Waals surface area (Å²) in [4.78, 5) is 28.6. The normalized spacial score (nSPS) is 14.7. The van der Waals surface area contributed by atoms with Crippen molar-refractivity contribution in [1.82, 2.24) is 10.2 Å². The van der Waals surface area contributed by atoms with Crippen LogP contribution in [0.15, 0.2) is 105 Å². The Morgan fingerprint density at radius 2 is 1.82 bits per heavy atom. The maximum atomic E-state index is 14.2. The number of furan rings is 1. The van der Waals surface area contributed by atoms with Crippen molar-refractivity contribution < 1.29 is 33.0 Å². The van der Waals surface area contributed by atoms with E-state index in [1.165, 1.54) is 35.9 Å². The quantitative estimate of drug-likeness (QED) is 0.0903. The Bertz CT molecular complexity index is 1910. The van der Waals surface area contributed by atoms with Crippen molar-refractivity contribution in [3.8, 4) is 11.5 Å². The van der Waals surface area contributed by atoms with E-state index in [-0.39, 0.29) is 22.3 Å². The lowest BCUT2D eigenvalue weighted by Crippen LogP contribution is -2.31. The van der Waals surface area contributed by atoms with E-state index in [2.05, 4.69) is 10.2 Å². The molecule has 3 heterocycles. The summed E-state index contributed by atoms with van der Waals surface area (Å²) in [6.45, 7) is 1.99. The molecule has 1 unspecified atom stereocenters. The molecule has 45 heavy (non-hydrogen) atoms. The number of aliphatic hydroxyl groups is 1. The third-order valence-electron chi connectivity index (χ3n) is 7.07. The van der Waals surface area contributed by atoms with Gasteiger partial charge in [0.2, 0.25) is 10.9 Å². The first-order valence-electron chi connectivity index (χ1n) is 13.8. The van der Waals surface area contributed by atoms with Crippen LogP contribution in [0.4, 0.5) is 9.52 Å². The first-order valence-corrected chi connectivity index (χ1v) is 15.6. The lowest BCUT2D eigenvalue weighted by molar-refractivity contribution is -0.117. The molecule has 0 spiro atoms. The second kappa shape index (κ2) is 13.0. The molecule has 2 aromatic heterocycles. The summed E-state index contributed by atoms with van der Waals surface area (Å²) in [5, 5.41) is 19.7. The predicted molar refractivity (Wildman–Crippen MR) is 167 cm³/mol. The predicted octanol–water partition coefficient (Wildman–Crippen LogP) is 7.24. The number of thioether (sulfide) groups is 1. The number of nitrogens with zero attached hydrogens (tertiary/aromatic N) is 3. The molecule has 5 aromatic rings. The van der Waals surface area contributed by atoms with Gasteiger partial charge < -0.3 is 19.0 Å². The van der Waals surface area contributed by atoms with Gasteiger partial charge in [0, 0.05) is 5.75 Å². The van der Waals surface area contributed by atoms with E-state index in [1.807, 2.05) is 30.3 Å². The van der Waals surface area contributed by atoms with E-state index < -0.39 is 23.5 Å². The number of hydrogen-bond donors (Lipinski definition) is 1. The molecule has 228 valence electrons. The highest BCUT2D eigenvalue weighted by atomic mass is 32.2. The second-order valence-electron chi connectivity index (χ2n) is 9.99. The van der Waals surface area contributed by atoms with Crippen LogP contribution in [0.5, 0.6) is 11.5 Å². The molecule has 1 atom stereocenters. The van der Waals surface area contributed by atoms with Crippen LogP contribution in [-0.4, -0.2) is 34.1 Å². The number of amides is 1. The number of carbonyl (C=O) groups excluding carboxylic acids is 2. The van der Waals surface area contributed by atoms with Crippen LogP contribution in [-0.2, 0) is 17.2 Å². The number of aryl methyl sites for hydroxylation is 1. The van der Waals surface area contributed by atoms with Crippen LogP contribution in [0.25, 0.3) is 0 Å². The average Bonchev–Trinajstić information content (AvgIpc) is 3.77. The zero-order valence-electron chi connectivity index (χ0n) is 24.1. The Hall–Kier alpha value is -4.94. The Morgan fingerprint density at radius 1 is 1.04 bits per heavy atom. The Labute approximate surface area is 265 Å². The van der Waals surface area contributed by atoms with Crippen molar-refractivity contribution in [3.63, 3.8) is 0 Å². The third-order valence-corrected chi connectivity index (χ3v) is 9.17. The van der Waals surface area contributed by atoms with Gasteiger partial charge in [0.15, 0.2) is 27.4 Å². The zero-order chi connectivity index (χ0) is 31.5. The number of aliphatic hydroxyl groups excluding tert-OH is 1. The van der Waals surface area contributed by atoms with Crippen LogP contribution in [0.2, 0.25) is 0 Å². The number of anilines is 1. The van der Waals surface area contributed by atoms with Gasteiger partial charge in [-0.2, -0.15) is 0 Å². The van der Waals surface area contributed by atoms with E-state index in [1.54, 1.807) is 49.4 Å². The number of rotatable bonds is 11. The summed E-state index contributed by atoms with van der Waals surface area (Å²) >= 11 is 2.34. The molecule has 1 N–H and O–H groups in total. The van der Waals surface area contributed by atoms with Crippen LogP contribution >= 0.6 is 23.1 Å². The third kappa shape index (κ3) is 6.19. The number of ether oxygens (including phenoxy) is 2. The number of aromatic nitrogens is 2. The molecular formula is C33H26FN3O6S2. The molecule has 9 nitrogen and oxygen atoms in total. The minimum atomic E-state index is -1.09. The maximum absolute atomic E-state index is 14.2. The standard InChI is InChI=1S/C33H26FN3O6S2/c1-19-12-14-25(43-19)29(38)27-28(21-13-15-24(26(16-21)41-2)42-17-20-8-4-3-5-9-20)37(31(40)30(27)39)32-35-36-33(45-32)44-18-22-10-6-7-11-23(22)34/h3-16,28,39H,17-18H2,1-2H3. The fourth-order valence-corrected chi connectivity index (χ4v) is 6.72. The largest absolute Gasteiger partial charge is 0.503 e. The molecule has 0 saturated carbocycles. The van der Waals surface area contributed by atoms with Gasteiger partial charge in [-0.15, -0.1) is 10.2 Å². The molecule has 12 heteroatoms. The zero-order valence-corrected chi connectivity index (χ0v) is 25.7. The van der Waals surface area contributed by atoms with Gasteiger partial charge in [0.1, 0.15) is 18.2 Å². The number of benzene rings is 3. The topological polar surface area (TPSA) is 115 Å². The van der Waals surface area contributed by atoms with Crippen LogP contribution in [0, 0.1) is 12.7 Å². The van der Waals surface area contributed by atoms with Crippen LogP contribution < -0.4 is 14.4 Å². The Balaban J connectivity index is 1.35. The number of methoxy groups -OCH3 is 1. The van der Waals surface area contributed by atoms with Crippen molar-refractivity contribution in [2.24, 2.45) is 0 Å². The first kappa shape index (κ1) is 30.1. The number of halogens is 1. The number of carbonyl (C=O) groups is 2. The minimum absolute atomic E-state index is 0.0260. The van der Waals surface area contributed by atoms with Gasteiger partial charge >= 0.3 is 0 Å². The molecule has 0 saturated heterocycles. The first-order chi connectivity index (χ1) is 21.8. The van der Waals surface area contributed by atoms with Crippen molar-refractivity contribution in [2.45, 2.75) is 29.7 Å². The molecule has 6 rings (SSSR count). The summed E-state index contributed by atoms with van der Waals surface area (Å²) in [7, 11) is 1.49. The second-order valence-corrected chi connectivity index (χ2v) is 12.2. The number of Topliss-reactive ketones (excluding diaryl/α,β-unsaturated/α-hetero) is 1. The van der Waals surface area contributed by atoms with Gasteiger partial charge in [-0.05, 0) is 53.9 Å². The van der Waals surface area contributed by atoms with Crippen molar-refractivity contribution in [1.29, 1.82) is 0 Å². The molecule has 1 aliphatic heterocycles. The summed E-state index contributed by atoms with van der Waals surface area (Å²) in [5.74, 6) is -0.947. The van der Waals surface area contributed by atoms with E-state index in [0.29, 0.717) is 45.1 Å². The Morgan fingerprint density at radius 3 is 2.56 bits per heavy atom. The Kier molecular flexibility index (Phi) is 8.67. The molecule has 1 amide bonds. The summed E-state index contributed by atoms with van der Waals surface area (Å²) < 4.78 is 31.8. The van der Waals surface area contributed by atoms with Gasteiger partial charge in [-0.3, -0.25) is 14.5 Å². The van der Waals surface area contributed by atoms with E-state index >= 15 is 0 Å². The van der Waals surface area contributed by atoms with E-state index in [0.717, 1.165) is 16.9 Å². The summed E-state index contributed by atoms with van der Waals surface area (Å²) in [6.07, 6.45) is 0. The van der Waals surface area contributed by atoms with Crippen molar-refractivity contribution in [3.05, 3.63) is 130 Å². The van der Waals surface area contributed by atoms with Crippen molar-refractivity contribution in [2.75, 3.05) is 12.0 Å². The summed E-state index contributed by atoms with van der Waals surface area (Å²) in [5.41, 5.74) is 1.74. The highest BCUT2D eigenvalue weighted by Crippen LogP contribution is 2.45.